The van der Waals surface area contributed by atoms with E-state index in [1.54, 1.807) is 7.11 Å². The van der Waals surface area contributed by atoms with Crippen LogP contribution in [0.1, 0.15) is 6.42 Å². The Labute approximate surface area is 141 Å². The average molecular weight is 346 g/mol. The molecule has 0 bridgehead atoms. The first-order chi connectivity index (χ1) is 10.2. The summed E-state index contributed by atoms with van der Waals surface area (Å²) in [7, 11) is 1.66. The van der Waals surface area contributed by atoms with Gasteiger partial charge in [0.2, 0.25) is 5.91 Å². The quantitative estimate of drug-likeness (QED) is 0.871. The molecule has 7 heteroatoms. The molecule has 0 radical (unpaired) electrons. The lowest BCUT2D eigenvalue weighted by Gasteiger charge is -2.27. The van der Waals surface area contributed by atoms with Crippen molar-refractivity contribution in [1.29, 1.82) is 0 Å². The minimum Gasteiger partial charge on any atom is -0.495 e. The number of hydrogen-bond acceptors (Lipinski definition) is 4. The molecule has 0 spiro atoms. The van der Waals surface area contributed by atoms with E-state index >= 15 is 0 Å². The molecular formula is C15H21Cl2N3O2. The van der Waals surface area contributed by atoms with Gasteiger partial charge in [0, 0.05) is 37.2 Å². The Balaban J connectivity index is 0.00000176. The molecular weight excluding hydrogens is 325 g/mol. The molecule has 1 amide bonds. The van der Waals surface area contributed by atoms with E-state index in [-0.39, 0.29) is 30.3 Å². The van der Waals surface area contributed by atoms with Crippen LogP contribution in [0.25, 0.3) is 0 Å². The van der Waals surface area contributed by atoms with E-state index in [1.165, 1.54) is 0 Å². The van der Waals surface area contributed by atoms with Crippen LogP contribution in [0.15, 0.2) is 18.2 Å². The summed E-state index contributed by atoms with van der Waals surface area (Å²) in [5.74, 6) is 1.12. The number of hydrogen-bond donors (Lipinski definition) is 2. The molecule has 2 N–H and O–H groups in total. The molecule has 2 aliphatic heterocycles. The molecule has 1 aromatic carbocycles. The van der Waals surface area contributed by atoms with Gasteiger partial charge >= 0.3 is 0 Å². The second kappa shape index (κ2) is 7.40. The summed E-state index contributed by atoms with van der Waals surface area (Å²) < 4.78 is 5.40. The number of carbonyl (C=O) groups excluding carboxylic acids is 1. The zero-order chi connectivity index (χ0) is 14.8. The van der Waals surface area contributed by atoms with Gasteiger partial charge < -0.3 is 20.3 Å². The van der Waals surface area contributed by atoms with E-state index in [0.29, 0.717) is 5.02 Å². The topological polar surface area (TPSA) is 53.6 Å². The van der Waals surface area contributed by atoms with Gasteiger partial charge in [-0.1, -0.05) is 11.6 Å². The Kier molecular flexibility index (Phi) is 5.78. The minimum absolute atomic E-state index is 0. The van der Waals surface area contributed by atoms with E-state index in [9.17, 15) is 4.79 Å². The number of rotatable bonds is 4. The van der Waals surface area contributed by atoms with Crippen LogP contribution in [0.5, 0.6) is 5.75 Å². The number of amides is 1. The standard InChI is InChI=1S/C15H20ClN3O2.ClH/c1-21-14-3-2-11(16)6-13(14)19-5-4-12(9-19)18-15(20)10-7-17-8-10;/h2-3,6,10,12,17H,4-5,7-9H2,1H3,(H,18,20);1H. The van der Waals surface area contributed by atoms with Crippen LogP contribution in [-0.2, 0) is 4.79 Å². The fourth-order valence-electron chi connectivity index (χ4n) is 2.80. The van der Waals surface area contributed by atoms with Gasteiger partial charge in [-0.05, 0) is 24.6 Å². The molecule has 2 saturated heterocycles. The van der Waals surface area contributed by atoms with Crippen LogP contribution in [-0.4, -0.2) is 45.2 Å². The largest absolute Gasteiger partial charge is 0.495 e. The lowest BCUT2D eigenvalue weighted by molar-refractivity contribution is -0.127. The summed E-state index contributed by atoms with van der Waals surface area (Å²) >= 11 is 6.08. The fraction of sp³-hybridized carbons (Fsp3) is 0.533. The van der Waals surface area contributed by atoms with E-state index < -0.39 is 0 Å². The maximum absolute atomic E-state index is 12.0. The predicted octanol–water partition coefficient (Wildman–Crippen LogP) is 1.68. The van der Waals surface area contributed by atoms with Crippen molar-refractivity contribution in [3.05, 3.63) is 23.2 Å². The van der Waals surface area contributed by atoms with E-state index in [1.807, 2.05) is 18.2 Å². The summed E-state index contributed by atoms with van der Waals surface area (Å²) in [6.07, 6.45) is 0.946. The van der Waals surface area contributed by atoms with Gasteiger partial charge in [0.25, 0.3) is 0 Å². The number of halogens is 2. The zero-order valence-corrected chi connectivity index (χ0v) is 14.0. The van der Waals surface area contributed by atoms with E-state index in [0.717, 1.165) is 44.0 Å². The number of methoxy groups -OCH3 is 1. The molecule has 122 valence electrons. The first kappa shape index (κ1) is 17.2. The van der Waals surface area contributed by atoms with Gasteiger partial charge in [-0.3, -0.25) is 4.79 Å². The van der Waals surface area contributed by atoms with Crippen molar-refractivity contribution in [2.75, 3.05) is 38.2 Å². The Morgan fingerprint density at radius 2 is 2.23 bits per heavy atom. The SMILES string of the molecule is COc1ccc(Cl)cc1N1CCC(NC(=O)C2CNC2)C1.Cl. The maximum Gasteiger partial charge on any atom is 0.225 e. The predicted molar refractivity (Wildman–Crippen MR) is 90.4 cm³/mol. The molecule has 0 saturated carbocycles. The van der Waals surface area contributed by atoms with Gasteiger partial charge in [-0.2, -0.15) is 0 Å². The first-order valence-corrected chi connectivity index (χ1v) is 7.64. The number of ether oxygens (including phenoxy) is 1. The molecule has 1 unspecified atom stereocenters. The highest BCUT2D eigenvalue weighted by atomic mass is 35.5. The number of nitrogens with one attached hydrogen (secondary N) is 2. The van der Waals surface area contributed by atoms with Crippen LogP contribution in [0.4, 0.5) is 5.69 Å². The molecule has 0 aromatic heterocycles. The number of carbonyl (C=O) groups is 1. The van der Waals surface area contributed by atoms with Gasteiger partial charge in [-0.25, -0.2) is 0 Å². The lowest BCUT2D eigenvalue weighted by Crippen LogP contribution is -2.53. The smallest absolute Gasteiger partial charge is 0.225 e. The fourth-order valence-corrected chi connectivity index (χ4v) is 2.97. The van der Waals surface area contributed by atoms with Crippen LogP contribution in [0.3, 0.4) is 0 Å². The lowest BCUT2D eigenvalue weighted by atomic mass is 10.0. The molecule has 0 aliphatic carbocycles. The highest BCUT2D eigenvalue weighted by Crippen LogP contribution is 2.33. The second-order valence-corrected chi connectivity index (χ2v) is 6.05. The van der Waals surface area contributed by atoms with E-state index in [4.69, 9.17) is 16.3 Å². The van der Waals surface area contributed by atoms with Gasteiger partial charge in [0.1, 0.15) is 5.75 Å². The number of anilines is 1. The van der Waals surface area contributed by atoms with Crippen LogP contribution in [0.2, 0.25) is 5.02 Å². The third-order valence-electron chi connectivity index (χ3n) is 4.17. The summed E-state index contributed by atoms with van der Waals surface area (Å²) in [5, 5.41) is 6.95. The van der Waals surface area contributed by atoms with Crippen molar-refractivity contribution in [1.82, 2.24) is 10.6 Å². The van der Waals surface area contributed by atoms with Crippen molar-refractivity contribution in [2.45, 2.75) is 12.5 Å². The van der Waals surface area contributed by atoms with Crippen LogP contribution in [0, 0.1) is 5.92 Å². The molecule has 1 aromatic rings. The molecule has 2 aliphatic rings. The summed E-state index contributed by atoms with van der Waals surface area (Å²) in [5.41, 5.74) is 0.993. The Morgan fingerprint density at radius 1 is 1.45 bits per heavy atom. The van der Waals surface area contributed by atoms with Crippen molar-refractivity contribution in [3.8, 4) is 5.75 Å². The van der Waals surface area contributed by atoms with Crippen LogP contribution >= 0.6 is 24.0 Å². The molecule has 5 nitrogen and oxygen atoms in total. The zero-order valence-electron chi connectivity index (χ0n) is 12.5. The van der Waals surface area contributed by atoms with Crippen molar-refractivity contribution < 1.29 is 9.53 Å². The van der Waals surface area contributed by atoms with Gasteiger partial charge in [0.05, 0.1) is 18.7 Å². The second-order valence-electron chi connectivity index (χ2n) is 5.61. The summed E-state index contributed by atoms with van der Waals surface area (Å²) in [6.45, 7) is 3.28. The normalized spacial score (nSPS) is 21.0. The minimum atomic E-state index is 0. The third kappa shape index (κ3) is 3.59. The number of nitrogens with zero attached hydrogens (tertiary/aromatic N) is 1. The number of benzene rings is 1. The monoisotopic (exact) mass is 345 g/mol. The molecule has 2 fully saturated rings. The molecule has 22 heavy (non-hydrogen) atoms. The first-order valence-electron chi connectivity index (χ1n) is 7.27. The molecule has 1 atom stereocenters. The van der Waals surface area contributed by atoms with Crippen molar-refractivity contribution >= 4 is 35.6 Å². The molecule has 3 rings (SSSR count). The van der Waals surface area contributed by atoms with Crippen molar-refractivity contribution in [2.24, 2.45) is 5.92 Å². The maximum atomic E-state index is 12.0. The Morgan fingerprint density at radius 3 is 2.86 bits per heavy atom. The van der Waals surface area contributed by atoms with Crippen molar-refractivity contribution in [3.63, 3.8) is 0 Å². The highest BCUT2D eigenvalue weighted by molar-refractivity contribution is 6.30. The van der Waals surface area contributed by atoms with Gasteiger partial charge in [-0.15, -0.1) is 12.4 Å². The average Bonchev–Trinajstić information content (AvgIpc) is 2.84. The van der Waals surface area contributed by atoms with Crippen LogP contribution < -0.4 is 20.3 Å². The Bertz CT molecular complexity index is 538. The van der Waals surface area contributed by atoms with Gasteiger partial charge in [0.15, 0.2) is 0 Å². The summed E-state index contributed by atoms with van der Waals surface area (Å²) in [6, 6.07) is 5.81. The Hall–Kier alpha value is -1.17. The molecule has 2 heterocycles. The third-order valence-corrected chi connectivity index (χ3v) is 4.40. The highest BCUT2D eigenvalue weighted by Gasteiger charge is 2.30. The summed E-state index contributed by atoms with van der Waals surface area (Å²) in [4.78, 5) is 14.2. The van der Waals surface area contributed by atoms with E-state index in [2.05, 4.69) is 15.5 Å².